The highest BCUT2D eigenvalue weighted by molar-refractivity contribution is 8.00. The van der Waals surface area contributed by atoms with Crippen molar-refractivity contribution in [2.75, 3.05) is 6.54 Å². The smallest absolute Gasteiger partial charge is 0.0205 e. The summed E-state index contributed by atoms with van der Waals surface area (Å²) in [4.78, 5) is 1.49. The molecule has 2 atom stereocenters. The summed E-state index contributed by atoms with van der Waals surface area (Å²) in [5.74, 6) is 0.916. The second-order valence-corrected chi connectivity index (χ2v) is 7.63. The van der Waals surface area contributed by atoms with Gasteiger partial charge in [0.25, 0.3) is 0 Å². The van der Waals surface area contributed by atoms with E-state index in [1.165, 1.54) is 48.1 Å². The molecule has 0 spiro atoms. The maximum absolute atomic E-state index is 3.48. The van der Waals surface area contributed by atoms with E-state index in [1.54, 1.807) is 0 Å². The number of hydrogen-bond donors (Lipinski definition) is 1. The van der Waals surface area contributed by atoms with E-state index in [9.17, 15) is 0 Å². The second kappa shape index (κ2) is 8.09. The van der Waals surface area contributed by atoms with Crippen molar-refractivity contribution in [1.29, 1.82) is 0 Å². The highest BCUT2D eigenvalue weighted by Crippen LogP contribution is 2.37. The van der Waals surface area contributed by atoms with Crippen molar-refractivity contribution in [3.05, 3.63) is 29.3 Å². The quantitative estimate of drug-likeness (QED) is 0.726. The van der Waals surface area contributed by atoms with E-state index in [4.69, 9.17) is 0 Å². The molecule has 1 nitrogen and oxygen atoms in total. The van der Waals surface area contributed by atoms with Gasteiger partial charge in [-0.25, -0.2) is 0 Å². The molecule has 1 N–H and O–H groups in total. The maximum Gasteiger partial charge on any atom is 0.0205 e. The molecule has 0 bridgehead atoms. The van der Waals surface area contributed by atoms with Crippen LogP contribution in [0.2, 0.25) is 0 Å². The van der Waals surface area contributed by atoms with E-state index in [0.29, 0.717) is 0 Å². The van der Waals surface area contributed by atoms with Gasteiger partial charge in [0.1, 0.15) is 0 Å². The summed E-state index contributed by atoms with van der Waals surface area (Å²) >= 11 is 2.11. The summed E-state index contributed by atoms with van der Waals surface area (Å²) in [7, 11) is 0. The van der Waals surface area contributed by atoms with E-state index in [2.05, 4.69) is 56.0 Å². The summed E-state index contributed by atoms with van der Waals surface area (Å²) < 4.78 is 0. The van der Waals surface area contributed by atoms with Crippen LogP contribution in [0.3, 0.4) is 0 Å². The Morgan fingerprint density at radius 1 is 1.30 bits per heavy atom. The standard InChI is InChI=1S/C18H29NS/c1-4-10-19-13-16-8-9-18(15(3)12-16)20-17-7-5-6-14(2)11-17/h8-9,12,14,17,19H,4-7,10-11,13H2,1-3H3. The van der Waals surface area contributed by atoms with Gasteiger partial charge in [0.2, 0.25) is 0 Å². The summed E-state index contributed by atoms with van der Waals surface area (Å²) in [6.07, 6.45) is 6.83. The predicted octanol–water partition coefficient (Wildman–Crippen LogP) is 5.17. The van der Waals surface area contributed by atoms with Crippen LogP contribution < -0.4 is 5.32 Å². The lowest BCUT2D eigenvalue weighted by molar-refractivity contribution is 0.394. The lowest BCUT2D eigenvalue weighted by Crippen LogP contribution is -2.15. The Morgan fingerprint density at radius 2 is 2.15 bits per heavy atom. The van der Waals surface area contributed by atoms with Crippen LogP contribution in [0.25, 0.3) is 0 Å². The van der Waals surface area contributed by atoms with Gasteiger partial charge >= 0.3 is 0 Å². The highest BCUT2D eigenvalue weighted by atomic mass is 32.2. The Morgan fingerprint density at radius 3 is 2.85 bits per heavy atom. The molecule has 2 heteroatoms. The molecule has 1 aliphatic carbocycles. The Hall–Kier alpha value is -0.470. The van der Waals surface area contributed by atoms with Gasteiger partial charge in [0.05, 0.1) is 0 Å². The second-order valence-electron chi connectivity index (χ2n) is 6.29. The van der Waals surface area contributed by atoms with Gasteiger partial charge in [0.15, 0.2) is 0 Å². The first kappa shape index (κ1) is 15.9. The summed E-state index contributed by atoms with van der Waals surface area (Å²) in [5.41, 5.74) is 2.86. The molecule has 112 valence electrons. The van der Waals surface area contributed by atoms with Gasteiger partial charge in [-0.1, -0.05) is 38.8 Å². The monoisotopic (exact) mass is 291 g/mol. The fourth-order valence-electron chi connectivity index (χ4n) is 3.03. The van der Waals surface area contributed by atoms with Crippen molar-refractivity contribution >= 4 is 11.8 Å². The molecule has 0 radical (unpaired) electrons. The minimum Gasteiger partial charge on any atom is -0.313 e. The van der Waals surface area contributed by atoms with Crippen molar-refractivity contribution in [3.63, 3.8) is 0 Å². The average Bonchev–Trinajstić information content (AvgIpc) is 2.42. The molecule has 0 aromatic heterocycles. The zero-order valence-corrected chi connectivity index (χ0v) is 14.1. The fourth-order valence-corrected chi connectivity index (χ4v) is 4.49. The molecule has 1 aliphatic rings. The zero-order chi connectivity index (χ0) is 14.4. The Balaban J connectivity index is 1.91. The van der Waals surface area contributed by atoms with Crippen LogP contribution in [-0.4, -0.2) is 11.8 Å². The van der Waals surface area contributed by atoms with Crippen LogP contribution in [-0.2, 0) is 6.54 Å². The highest BCUT2D eigenvalue weighted by Gasteiger charge is 2.20. The predicted molar refractivity (Wildman–Crippen MR) is 90.5 cm³/mol. The number of nitrogens with one attached hydrogen (secondary N) is 1. The van der Waals surface area contributed by atoms with E-state index in [0.717, 1.165) is 24.3 Å². The van der Waals surface area contributed by atoms with Gasteiger partial charge in [-0.2, -0.15) is 0 Å². The third-order valence-corrected chi connectivity index (χ3v) is 5.65. The SMILES string of the molecule is CCCNCc1ccc(SC2CCCC(C)C2)c(C)c1. The Bertz CT molecular complexity index is 416. The Kier molecular flexibility index (Phi) is 6.44. The van der Waals surface area contributed by atoms with Crippen molar-refractivity contribution in [1.82, 2.24) is 5.32 Å². The third-order valence-electron chi connectivity index (χ3n) is 4.18. The normalized spacial score (nSPS) is 22.9. The van der Waals surface area contributed by atoms with Gasteiger partial charge < -0.3 is 5.32 Å². The number of hydrogen-bond acceptors (Lipinski definition) is 2. The van der Waals surface area contributed by atoms with E-state index < -0.39 is 0 Å². The number of aryl methyl sites for hydroxylation is 1. The van der Waals surface area contributed by atoms with Crippen LogP contribution in [0, 0.1) is 12.8 Å². The minimum absolute atomic E-state index is 0.835. The fraction of sp³-hybridized carbons (Fsp3) is 0.667. The van der Waals surface area contributed by atoms with Crippen LogP contribution in [0.1, 0.15) is 57.1 Å². The van der Waals surface area contributed by atoms with E-state index in [-0.39, 0.29) is 0 Å². The van der Waals surface area contributed by atoms with Crippen molar-refractivity contribution < 1.29 is 0 Å². The summed E-state index contributed by atoms with van der Waals surface area (Å²) in [6.45, 7) is 8.98. The molecule has 2 rings (SSSR count). The molecule has 1 aromatic rings. The summed E-state index contributed by atoms with van der Waals surface area (Å²) in [5, 5.41) is 4.31. The molecule has 0 amide bonds. The van der Waals surface area contributed by atoms with Crippen LogP contribution >= 0.6 is 11.8 Å². The van der Waals surface area contributed by atoms with Gasteiger partial charge in [-0.05, 0) is 55.8 Å². The zero-order valence-electron chi connectivity index (χ0n) is 13.2. The first-order valence-corrected chi connectivity index (χ1v) is 9.04. The minimum atomic E-state index is 0.835. The van der Waals surface area contributed by atoms with Gasteiger partial charge in [-0.3, -0.25) is 0 Å². The molecular weight excluding hydrogens is 262 g/mol. The van der Waals surface area contributed by atoms with Gasteiger partial charge in [0, 0.05) is 16.7 Å². The van der Waals surface area contributed by atoms with Crippen molar-refractivity contribution in [3.8, 4) is 0 Å². The first-order chi connectivity index (χ1) is 9.69. The molecule has 1 aromatic carbocycles. The van der Waals surface area contributed by atoms with Crippen LogP contribution in [0.15, 0.2) is 23.1 Å². The largest absolute Gasteiger partial charge is 0.313 e. The Labute approximate surface area is 128 Å². The van der Waals surface area contributed by atoms with Gasteiger partial charge in [-0.15, -0.1) is 11.8 Å². The maximum atomic E-state index is 3.48. The molecule has 0 saturated heterocycles. The lowest BCUT2D eigenvalue weighted by Gasteiger charge is -2.26. The number of rotatable bonds is 6. The van der Waals surface area contributed by atoms with Crippen molar-refractivity contribution in [2.24, 2.45) is 5.92 Å². The average molecular weight is 292 g/mol. The van der Waals surface area contributed by atoms with E-state index >= 15 is 0 Å². The molecule has 0 heterocycles. The first-order valence-electron chi connectivity index (χ1n) is 8.16. The number of benzene rings is 1. The molecule has 2 unspecified atom stereocenters. The van der Waals surface area contributed by atoms with Crippen LogP contribution in [0.4, 0.5) is 0 Å². The molecule has 0 aliphatic heterocycles. The van der Waals surface area contributed by atoms with Crippen molar-refractivity contribution in [2.45, 2.75) is 69.6 Å². The van der Waals surface area contributed by atoms with Crippen LogP contribution in [0.5, 0.6) is 0 Å². The molecule has 1 saturated carbocycles. The van der Waals surface area contributed by atoms with E-state index in [1.807, 2.05) is 0 Å². The molecule has 20 heavy (non-hydrogen) atoms. The topological polar surface area (TPSA) is 12.0 Å². The summed E-state index contributed by atoms with van der Waals surface area (Å²) in [6, 6.07) is 6.99. The lowest BCUT2D eigenvalue weighted by atomic mass is 9.91. The number of thioether (sulfide) groups is 1. The molecule has 1 fully saturated rings. The molecular formula is C18H29NS. The third kappa shape index (κ3) is 4.82.